The number of hydrogen-bond acceptors (Lipinski definition) is 3. The second-order valence-electron chi connectivity index (χ2n) is 4.30. The predicted molar refractivity (Wildman–Crippen MR) is 64.6 cm³/mol. The molecule has 0 saturated heterocycles. The number of Topliss-reactive ketones (excluding diaryl/α,β-unsaturated/α-hetero) is 1. The fraction of sp³-hybridized carbons (Fsp3) is 0.308. The molecule has 2 rings (SSSR count). The summed E-state index contributed by atoms with van der Waals surface area (Å²) in [5.74, 6) is -2.86. The molecule has 1 N–H and O–H groups in total. The van der Waals surface area contributed by atoms with Gasteiger partial charge in [0.15, 0.2) is 0 Å². The van der Waals surface area contributed by atoms with Gasteiger partial charge in [0.2, 0.25) is 0 Å². The summed E-state index contributed by atoms with van der Waals surface area (Å²) >= 11 is 0. The Bertz CT molecular complexity index is 556. The third-order valence-electron chi connectivity index (χ3n) is 2.96. The molecule has 6 heteroatoms. The Hall–Kier alpha value is -2.24. The molecule has 19 heavy (non-hydrogen) atoms. The van der Waals surface area contributed by atoms with Crippen LogP contribution in [0.4, 0.5) is 10.1 Å². The summed E-state index contributed by atoms with van der Waals surface area (Å²) in [4.78, 5) is 35.0. The van der Waals surface area contributed by atoms with E-state index in [-0.39, 0.29) is 18.5 Å². The van der Waals surface area contributed by atoms with E-state index in [4.69, 9.17) is 5.11 Å². The number of amides is 1. The molecule has 1 aromatic carbocycles. The van der Waals surface area contributed by atoms with Crippen LogP contribution in [0.15, 0.2) is 18.2 Å². The highest BCUT2D eigenvalue weighted by atomic mass is 19.1. The first kappa shape index (κ1) is 13.2. The maximum absolute atomic E-state index is 13.0. The molecule has 0 radical (unpaired) electrons. The van der Waals surface area contributed by atoms with Gasteiger partial charge in [0.1, 0.15) is 5.82 Å². The zero-order chi connectivity index (χ0) is 14.0. The molecule has 0 bridgehead atoms. The first-order valence-electron chi connectivity index (χ1n) is 5.88. The molecule has 0 spiro atoms. The Kier molecular flexibility index (Phi) is 3.59. The number of carbonyl (C=O) groups excluding carboxylic acids is 2. The van der Waals surface area contributed by atoms with Crippen LogP contribution in [-0.2, 0) is 9.59 Å². The molecule has 1 amide bonds. The monoisotopic (exact) mass is 265 g/mol. The van der Waals surface area contributed by atoms with Crippen LogP contribution in [0.1, 0.15) is 29.6 Å². The second kappa shape index (κ2) is 5.17. The summed E-state index contributed by atoms with van der Waals surface area (Å²) in [6.07, 6.45) is 0.915. The predicted octanol–water partition coefficient (Wildman–Crippen LogP) is 1.61. The average Bonchev–Trinajstić information content (AvgIpc) is 2.59. The number of aliphatic carboxylic acids is 1. The molecule has 1 aliphatic rings. The number of halogens is 1. The molecule has 0 atom stereocenters. The van der Waals surface area contributed by atoms with Gasteiger partial charge in [-0.05, 0) is 31.0 Å². The van der Waals surface area contributed by atoms with Crippen molar-refractivity contribution in [2.75, 3.05) is 11.4 Å². The van der Waals surface area contributed by atoms with Crippen LogP contribution in [0.2, 0.25) is 0 Å². The number of carbonyl (C=O) groups is 3. The standard InChI is InChI=1S/C13H12FNO4/c14-8-4-5-10-9(7-8)12(18)13(19)15(10)6-2-1-3-11(16)17/h4-5,7H,1-3,6H2,(H,16,17). The SMILES string of the molecule is O=C(O)CCCCN1C(=O)C(=O)c2cc(F)ccc21. The minimum atomic E-state index is -0.897. The van der Waals surface area contributed by atoms with Crippen molar-refractivity contribution in [1.29, 1.82) is 0 Å². The molecule has 1 aliphatic heterocycles. The van der Waals surface area contributed by atoms with Gasteiger partial charge in [-0.15, -0.1) is 0 Å². The third-order valence-corrected chi connectivity index (χ3v) is 2.96. The first-order chi connectivity index (χ1) is 9.00. The number of hydrogen-bond donors (Lipinski definition) is 1. The Balaban J connectivity index is 2.08. The van der Waals surface area contributed by atoms with E-state index in [0.29, 0.717) is 18.5 Å². The molecule has 0 fully saturated rings. The van der Waals surface area contributed by atoms with E-state index in [1.807, 2.05) is 0 Å². The number of ketones is 1. The van der Waals surface area contributed by atoms with E-state index in [9.17, 15) is 18.8 Å². The van der Waals surface area contributed by atoms with Gasteiger partial charge < -0.3 is 10.0 Å². The summed E-state index contributed by atoms with van der Waals surface area (Å²) in [5.41, 5.74) is 0.468. The zero-order valence-corrected chi connectivity index (χ0v) is 10.1. The fourth-order valence-corrected chi connectivity index (χ4v) is 2.04. The average molecular weight is 265 g/mol. The zero-order valence-electron chi connectivity index (χ0n) is 10.1. The van der Waals surface area contributed by atoms with E-state index < -0.39 is 23.5 Å². The lowest BCUT2D eigenvalue weighted by molar-refractivity contribution is -0.137. The number of unbranched alkanes of at least 4 members (excludes halogenated alkanes) is 1. The lowest BCUT2D eigenvalue weighted by Gasteiger charge is -2.15. The van der Waals surface area contributed by atoms with Crippen LogP contribution in [0.3, 0.4) is 0 Å². The summed E-state index contributed by atoms with van der Waals surface area (Å²) in [6.45, 7) is 0.260. The lowest BCUT2D eigenvalue weighted by Crippen LogP contribution is -2.30. The molecule has 0 saturated carbocycles. The van der Waals surface area contributed by atoms with Crippen LogP contribution >= 0.6 is 0 Å². The van der Waals surface area contributed by atoms with E-state index in [1.165, 1.54) is 17.0 Å². The Morgan fingerprint density at radius 2 is 2.00 bits per heavy atom. The Labute approximate surface area is 108 Å². The molecule has 5 nitrogen and oxygen atoms in total. The molecular formula is C13H12FNO4. The largest absolute Gasteiger partial charge is 0.481 e. The fourth-order valence-electron chi connectivity index (χ4n) is 2.04. The lowest BCUT2D eigenvalue weighted by atomic mass is 10.1. The maximum Gasteiger partial charge on any atom is 0.303 e. The molecule has 0 unspecified atom stereocenters. The Morgan fingerprint density at radius 3 is 2.68 bits per heavy atom. The third kappa shape index (κ3) is 2.62. The van der Waals surface area contributed by atoms with Gasteiger partial charge in [-0.3, -0.25) is 14.4 Å². The van der Waals surface area contributed by atoms with Crippen molar-refractivity contribution < 1.29 is 23.9 Å². The number of nitrogens with zero attached hydrogens (tertiary/aromatic N) is 1. The first-order valence-corrected chi connectivity index (χ1v) is 5.88. The normalized spacial score (nSPS) is 13.8. The number of carboxylic acid groups (broad SMARTS) is 1. The quantitative estimate of drug-likeness (QED) is 0.648. The topological polar surface area (TPSA) is 74.7 Å². The molecule has 0 aromatic heterocycles. The molecule has 100 valence electrons. The second-order valence-corrected chi connectivity index (χ2v) is 4.30. The smallest absolute Gasteiger partial charge is 0.303 e. The van der Waals surface area contributed by atoms with Crippen molar-refractivity contribution in [3.05, 3.63) is 29.6 Å². The minimum absolute atomic E-state index is 0.0201. The van der Waals surface area contributed by atoms with E-state index >= 15 is 0 Å². The van der Waals surface area contributed by atoms with Crippen molar-refractivity contribution in [3.8, 4) is 0 Å². The van der Waals surface area contributed by atoms with Crippen molar-refractivity contribution >= 4 is 23.3 Å². The maximum atomic E-state index is 13.0. The van der Waals surface area contributed by atoms with Gasteiger partial charge in [0.05, 0.1) is 11.3 Å². The van der Waals surface area contributed by atoms with E-state index in [2.05, 4.69) is 0 Å². The highest BCUT2D eigenvalue weighted by Gasteiger charge is 2.35. The number of anilines is 1. The minimum Gasteiger partial charge on any atom is -0.481 e. The highest BCUT2D eigenvalue weighted by Crippen LogP contribution is 2.29. The van der Waals surface area contributed by atoms with Crippen LogP contribution in [-0.4, -0.2) is 29.3 Å². The van der Waals surface area contributed by atoms with Crippen LogP contribution < -0.4 is 4.90 Å². The van der Waals surface area contributed by atoms with Gasteiger partial charge in [-0.1, -0.05) is 0 Å². The van der Waals surface area contributed by atoms with Gasteiger partial charge in [-0.2, -0.15) is 0 Å². The molecule has 1 heterocycles. The van der Waals surface area contributed by atoms with Crippen molar-refractivity contribution in [2.45, 2.75) is 19.3 Å². The van der Waals surface area contributed by atoms with Gasteiger partial charge in [-0.25, -0.2) is 4.39 Å². The van der Waals surface area contributed by atoms with Gasteiger partial charge in [0, 0.05) is 13.0 Å². The van der Waals surface area contributed by atoms with Crippen molar-refractivity contribution in [2.24, 2.45) is 0 Å². The summed E-state index contributed by atoms with van der Waals surface area (Å²) in [6, 6.07) is 3.63. The number of rotatable bonds is 5. The summed E-state index contributed by atoms with van der Waals surface area (Å²) in [5, 5.41) is 8.51. The van der Waals surface area contributed by atoms with Crippen LogP contribution in [0, 0.1) is 5.82 Å². The summed E-state index contributed by atoms with van der Waals surface area (Å²) in [7, 11) is 0. The van der Waals surface area contributed by atoms with Crippen molar-refractivity contribution in [1.82, 2.24) is 0 Å². The number of benzene rings is 1. The molecule has 0 aliphatic carbocycles. The Morgan fingerprint density at radius 1 is 1.26 bits per heavy atom. The van der Waals surface area contributed by atoms with Crippen LogP contribution in [0.5, 0.6) is 0 Å². The van der Waals surface area contributed by atoms with Crippen molar-refractivity contribution in [3.63, 3.8) is 0 Å². The van der Waals surface area contributed by atoms with Gasteiger partial charge in [0.25, 0.3) is 11.7 Å². The summed E-state index contributed by atoms with van der Waals surface area (Å²) < 4.78 is 13.0. The van der Waals surface area contributed by atoms with E-state index in [0.717, 1.165) is 6.07 Å². The highest BCUT2D eigenvalue weighted by molar-refractivity contribution is 6.52. The molecular weight excluding hydrogens is 253 g/mol. The number of fused-ring (bicyclic) bond motifs is 1. The molecule has 1 aromatic rings. The number of carboxylic acids is 1. The van der Waals surface area contributed by atoms with Gasteiger partial charge >= 0.3 is 5.97 Å². The van der Waals surface area contributed by atoms with E-state index in [1.54, 1.807) is 0 Å². The van der Waals surface area contributed by atoms with Crippen LogP contribution in [0.25, 0.3) is 0 Å².